The van der Waals surface area contributed by atoms with Gasteiger partial charge in [0.1, 0.15) is 11.6 Å². The molecule has 0 radical (unpaired) electrons. The number of amides is 2. The average molecular weight is 406 g/mol. The molecular formula is C19H27N5O3S. The van der Waals surface area contributed by atoms with Gasteiger partial charge in [0.15, 0.2) is 5.16 Å². The second kappa shape index (κ2) is 9.27. The molecule has 8 nitrogen and oxygen atoms in total. The molecule has 0 spiro atoms. The van der Waals surface area contributed by atoms with Gasteiger partial charge in [-0.2, -0.15) is 0 Å². The number of hydrogen-bond donors (Lipinski definition) is 1. The Kier molecular flexibility index (Phi) is 6.77. The van der Waals surface area contributed by atoms with Crippen LogP contribution < -0.4 is 5.73 Å². The smallest absolute Gasteiger partial charge is 0.233 e. The molecule has 2 atom stereocenters. The molecule has 1 aliphatic rings. The fraction of sp³-hybridized carbons (Fsp3) is 0.579. The molecule has 152 valence electrons. The third-order valence-electron chi connectivity index (χ3n) is 5.09. The second-order valence-corrected chi connectivity index (χ2v) is 8.19. The van der Waals surface area contributed by atoms with E-state index in [0.717, 1.165) is 18.6 Å². The lowest BCUT2D eigenvalue weighted by Gasteiger charge is -2.39. The first kappa shape index (κ1) is 20.4. The fourth-order valence-corrected chi connectivity index (χ4v) is 4.50. The van der Waals surface area contributed by atoms with Crippen LogP contribution >= 0.6 is 11.8 Å². The van der Waals surface area contributed by atoms with E-state index < -0.39 is 0 Å². The maximum Gasteiger partial charge on any atom is 0.233 e. The standard InChI is InChI=1S/C19H27N5O3S/c1-13-5-3-6-14(2)24(13)18(26)12-28-19-22-21-17(9-8-16(20)25)23(19)11-15-7-4-10-27-15/h4,7,10,13-14H,3,5-6,8-9,11-12H2,1-2H3,(H2,20,25). The molecule has 0 saturated carbocycles. The van der Waals surface area contributed by atoms with Gasteiger partial charge in [-0.15, -0.1) is 10.2 Å². The Bertz CT molecular complexity index is 795. The number of aromatic nitrogens is 3. The van der Waals surface area contributed by atoms with Crippen molar-refractivity contribution in [1.29, 1.82) is 0 Å². The van der Waals surface area contributed by atoms with E-state index in [1.54, 1.807) is 6.26 Å². The molecule has 1 fully saturated rings. The van der Waals surface area contributed by atoms with Crippen LogP contribution in [0.3, 0.4) is 0 Å². The van der Waals surface area contributed by atoms with Crippen LogP contribution in [0.2, 0.25) is 0 Å². The van der Waals surface area contributed by atoms with Gasteiger partial charge in [-0.25, -0.2) is 0 Å². The molecule has 2 N–H and O–H groups in total. The van der Waals surface area contributed by atoms with E-state index in [9.17, 15) is 9.59 Å². The highest BCUT2D eigenvalue weighted by atomic mass is 32.2. The number of hydrogen-bond acceptors (Lipinski definition) is 6. The zero-order valence-corrected chi connectivity index (χ0v) is 17.2. The van der Waals surface area contributed by atoms with Crippen molar-refractivity contribution < 1.29 is 14.0 Å². The quantitative estimate of drug-likeness (QED) is 0.675. The summed E-state index contributed by atoms with van der Waals surface area (Å²) in [6, 6.07) is 4.22. The molecule has 3 heterocycles. The highest BCUT2D eigenvalue weighted by Crippen LogP contribution is 2.25. The van der Waals surface area contributed by atoms with E-state index in [4.69, 9.17) is 10.2 Å². The number of nitrogens with zero attached hydrogens (tertiary/aromatic N) is 4. The predicted molar refractivity (Wildman–Crippen MR) is 106 cm³/mol. The van der Waals surface area contributed by atoms with Crippen molar-refractivity contribution >= 4 is 23.6 Å². The van der Waals surface area contributed by atoms with Gasteiger partial charge in [0, 0.05) is 24.9 Å². The number of likely N-dealkylation sites (tertiary alicyclic amines) is 1. The summed E-state index contributed by atoms with van der Waals surface area (Å²) in [5.74, 6) is 1.46. The summed E-state index contributed by atoms with van der Waals surface area (Å²) in [4.78, 5) is 26.0. The van der Waals surface area contributed by atoms with Crippen LogP contribution in [0.25, 0.3) is 0 Å². The molecule has 1 aliphatic heterocycles. The van der Waals surface area contributed by atoms with Crippen LogP contribution in [0.4, 0.5) is 0 Å². The topological polar surface area (TPSA) is 107 Å². The molecule has 28 heavy (non-hydrogen) atoms. The maximum atomic E-state index is 12.8. The predicted octanol–water partition coefficient (Wildman–Crippen LogP) is 2.22. The summed E-state index contributed by atoms with van der Waals surface area (Å²) in [7, 11) is 0. The summed E-state index contributed by atoms with van der Waals surface area (Å²) < 4.78 is 7.33. The minimum absolute atomic E-state index is 0.121. The number of carbonyl (C=O) groups is 2. The molecular weight excluding hydrogens is 378 g/mol. The van der Waals surface area contributed by atoms with Gasteiger partial charge < -0.3 is 15.1 Å². The maximum absolute atomic E-state index is 12.8. The number of nitrogens with two attached hydrogens (primary N) is 1. The van der Waals surface area contributed by atoms with Crippen LogP contribution in [0, 0.1) is 0 Å². The Hall–Kier alpha value is -2.29. The number of thioether (sulfide) groups is 1. The summed E-state index contributed by atoms with van der Waals surface area (Å²) in [5, 5.41) is 9.09. The lowest BCUT2D eigenvalue weighted by molar-refractivity contribution is -0.134. The molecule has 2 aromatic heterocycles. The van der Waals surface area contributed by atoms with Crippen molar-refractivity contribution in [3.05, 3.63) is 30.0 Å². The number of rotatable bonds is 8. The minimum atomic E-state index is -0.384. The lowest BCUT2D eigenvalue weighted by atomic mass is 9.98. The monoisotopic (exact) mass is 405 g/mol. The molecule has 2 amide bonds. The summed E-state index contributed by atoms with van der Waals surface area (Å²) in [5.41, 5.74) is 5.27. The van der Waals surface area contributed by atoms with Crippen LogP contribution in [-0.2, 0) is 22.6 Å². The van der Waals surface area contributed by atoms with Gasteiger partial charge in [0.05, 0.1) is 18.6 Å². The highest BCUT2D eigenvalue weighted by Gasteiger charge is 2.29. The van der Waals surface area contributed by atoms with E-state index in [0.29, 0.717) is 29.7 Å². The normalized spacial score (nSPS) is 19.7. The van der Waals surface area contributed by atoms with Crippen LogP contribution in [-0.4, -0.2) is 49.3 Å². The molecule has 3 rings (SSSR count). The average Bonchev–Trinajstić information content (AvgIpc) is 3.28. The van der Waals surface area contributed by atoms with Gasteiger partial charge in [0.25, 0.3) is 0 Å². The Morgan fingerprint density at radius 3 is 2.68 bits per heavy atom. The van der Waals surface area contributed by atoms with Crippen molar-refractivity contribution in [3.63, 3.8) is 0 Å². The largest absolute Gasteiger partial charge is 0.467 e. The number of carbonyl (C=O) groups excluding carboxylic acids is 2. The minimum Gasteiger partial charge on any atom is -0.467 e. The molecule has 9 heteroatoms. The van der Waals surface area contributed by atoms with Crippen LogP contribution in [0.5, 0.6) is 0 Å². The van der Waals surface area contributed by atoms with Gasteiger partial charge in [-0.05, 0) is 45.2 Å². The lowest BCUT2D eigenvalue weighted by Crippen LogP contribution is -2.48. The van der Waals surface area contributed by atoms with Crippen molar-refractivity contribution in [3.8, 4) is 0 Å². The molecule has 1 saturated heterocycles. The fourth-order valence-electron chi connectivity index (χ4n) is 3.68. The zero-order valence-electron chi connectivity index (χ0n) is 16.3. The zero-order chi connectivity index (χ0) is 20.1. The SMILES string of the molecule is CC1CCCC(C)N1C(=O)CSc1nnc(CCC(N)=O)n1Cc1ccco1. The van der Waals surface area contributed by atoms with Crippen molar-refractivity contribution in [2.45, 2.75) is 69.7 Å². The number of piperidine rings is 1. The number of aryl methyl sites for hydroxylation is 1. The molecule has 0 aliphatic carbocycles. The third kappa shape index (κ3) is 4.95. The Balaban J connectivity index is 1.71. The summed E-state index contributed by atoms with van der Waals surface area (Å²) in [6.45, 7) is 4.67. The van der Waals surface area contributed by atoms with Crippen LogP contribution in [0.15, 0.2) is 28.0 Å². The summed E-state index contributed by atoms with van der Waals surface area (Å²) >= 11 is 1.37. The highest BCUT2D eigenvalue weighted by molar-refractivity contribution is 7.99. The first-order valence-corrected chi connectivity index (χ1v) is 10.6. The second-order valence-electron chi connectivity index (χ2n) is 7.25. The van der Waals surface area contributed by atoms with Gasteiger partial charge in [0.2, 0.25) is 11.8 Å². The first-order chi connectivity index (χ1) is 13.5. The first-order valence-electron chi connectivity index (χ1n) is 9.62. The summed E-state index contributed by atoms with van der Waals surface area (Å²) in [6.07, 6.45) is 5.47. The van der Waals surface area contributed by atoms with Gasteiger partial charge in [-0.1, -0.05) is 11.8 Å². The molecule has 2 aromatic rings. The molecule has 2 unspecified atom stereocenters. The van der Waals surface area contributed by atoms with E-state index in [1.807, 2.05) is 21.6 Å². The number of primary amides is 1. The van der Waals surface area contributed by atoms with Gasteiger partial charge >= 0.3 is 0 Å². The Morgan fingerprint density at radius 1 is 1.29 bits per heavy atom. The van der Waals surface area contributed by atoms with Crippen molar-refractivity contribution in [2.75, 3.05) is 5.75 Å². The van der Waals surface area contributed by atoms with Gasteiger partial charge in [-0.3, -0.25) is 14.2 Å². The Labute approximate surface area is 168 Å². The van der Waals surface area contributed by atoms with E-state index in [2.05, 4.69) is 24.0 Å². The molecule has 0 aromatic carbocycles. The van der Waals surface area contributed by atoms with E-state index >= 15 is 0 Å². The number of furan rings is 1. The third-order valence-corrected chi connectivity index (χ3v) is 6.04. The van der Waals surface area contributed by atoms with E-state index in [-0.39, 0.29) is 30.3 Å². The van der Waals surface area contributed by atoms with Crippen LogP contribution in [0.1, 0.15) is 51.1 Å². The molecule has 0 bridgehead atoms. The van der Waals surface area contributed by atoms with Crippen molar-refractivity contribution in [2.24, 2.45) is 5.73 Å². The Morgan fingerprint density at radius 2 is 2.04 bits per heavy atom. The van der Waals surface area contributed by atoms with E-state index in [1.165, 1.54) is 18.2 Å². The van der Waals surface area contributed by atoms with Crippen molar-refractivity contribution in [1.82, 2.24) is 19.7 Å².